The molecule has 3 atom stereocenters. The van der Waals surface area contributed by atoms with E-state index in [1.807, 2.05) is 13.8 Å². The monoisotopic (exact) mass is 198 g/mol. The van der Waals surface area contributed by atoms with Gasteiger partial charge in [0.2, 0.25) is 0 Å². The Kier molecular flexibility index (Phi) is 2.13. The van der Waals surface area contributed by atoms with Gasteiger partial charge in [-0.3, -0.25) is 0 Å². The van der Waals surface area contributed by atoms with E-state index in [4.69, 9.17) is 9.47 Å². The Balaban J connectivity index is 2.15. The molecule has 1 aliphatic carbocycles. The summed E-state index contributed by atoms with van der Waals surface area (Å²) in [5, 5.41) is 0. The smallest absolute Gasteiger partial charge is 0.163 e. The summed E-state index contributed by atoms with van der Waals surface area (Å²) in [6.07, 6.45) is 1.57. The Morgan fingerprint density at radius 1 is 1.54 bits per heavy atom. The Hall–Kier alpha value is -0.123. The number of ether oxygens (including phenoxy) is 2. The average molecular weight is 198 g/mol. The molecule has 0 spiro atoms. The molecule has 1 saturated heterocycles. The van der Waals surface area contributed by atoms with E-state index in [0.29, 0.717) is 12.0 Å². The molecule has 74 valence electrons. The van der Waals surface area contributed by atoms with Gasteiger partial charge in [-0.2, -0.15) is 0 Å². The molecule has 13 heavy (non-hydrogen) atoms. The second-order valence-corrected chi connectivity index (χ2v) is 5.33. The maximum Gasteiger partial charge on any atom is 0.163 e. The first-order chi connectivity index (χ1) is 6.03. The van der Waals surface area contributed by atoms with Crippen molar-refractivity contribution in [2.24, 2.45) is 5.92 Å². The zero-order valence-electron chi connectivity index (χ0n) is 8.67. The molecule has 2 unspecified atom stereocenters. The van der Waals surface area contributed by atoms with Crippen molar-refractivity contribution in [2.75, 3.05) is 0 Å². The molecular formula is C10H18O2Si. The van der Waals surface area contributed by atoms with Gasteiger partial charge in [0.15, 0.2) is 5.79 Å². The zero-order valence-corrected chi connectivity index (χ0v) is 10.7. The predicted octanol–water partition coefficient (Wildman–Crippen LogP) is 0.866. The average Bonchev–Trinajstić information content (AvgIpc) is 2.39. The maximum atomic E-state index is 5.89. The van der Waals surface area contributed by atoms with Crippen molar-refractivity contribution in [3.05, 3.63) is 12.2 Å². The molecule has 0 aromatic carbocycles. The molecular weight excluding hydrogens is 180 g/mol. The van der Waals surface area contributed by atoms with E-state index in [1.54, 1.807) is 0 Å². The highest BCUT2D eigenvalue weighted by atomic mass is 28.1. The van der Waals surface area contributed by atoms with Gasteiger partial charge in [-0.1, -0.05) is 18.2 Å². The van der Waals surface area contributed by atoms with Crippen molar-refractivity contribution in [3.63, 3.8) is 0 Å². The van der Waals surface area contributed by atoms with Crippen LogP contribution in [0.4, 0.5) is 0 Å². The SMILES string of the molecule is C=C1CC2OC(C)(C)OC2[C@H]1C[SiH3]. The summed E-state index contributed by atoms with van der Waals surface area (Å²) >= 11 is 0. The molecule has 0 aromatic rings. The van der Waals surface area contributed by atoms with Crippen molar-refractivity contribution in [3.8, 4) is 0 Å². The van der Waals surface area contributed by atoms with E-state index in [9.17, 15) is 0 Å². The zero-order chi connectivity index (χ0) is 9.64. The number of hydrogen-bond donors (Lipinski definition) is 0. The second kappa shape index (κ2) is 2.94. The predicted molar refractivity (Wildman–Crippen MR) is 55.8 cm³/mol. The molecule has 2 rings (SSSR count). The first-order valence-corrected chi connectivity index (χ1v) is 6.48. The number of rotatable bonds is 1. The van der Waals surface area contributed by atoms with Crippen LogP contribution in [0.5, 0.6) is 0 Å². The van der Waals surface area contributed by atoms with E-state index in [-0.39, 0.29) is 11.9 Å². The molecule has 0 bridgehead atoms. The third-order valence-electron chi connectivity index (χ3n) is 3.05. The van der Waals surface area contributed by atoms with Gasteiger partial charge in [-0.25, -0.2) is 0 Å². The van der Waals surface area contributed by atoms with Gasteiger partial charge in [0.1, 0.15) is 0 Å². The van der Waals surface area contributed by atoms with Crippen LogP contribution in [-0.2, 0) is 9.47 Å². The summed E-state index contributed by atoms with van der Waals surface area (Å²) < 4.78 is 11.7. The number of hydrogen-bond acceptors (Lipinski definition) is 2. The first-order valence-electron chi connectivity index (χ1n) is 5.07. The van der Waals surface area contributed by atoms with Gasteiger partial charge in [0.05, 0.1) is 12.2 Å². The minimum absolute atomic E-state index is 0.279. The molecule has 0 radical (unpaired) electrons. The van der Waals surface area contributed by atoms with Gasteiger partial charge < -0.3 is 9.47 Å². The lowest BCUT2D eigenvalue weighted by atomic mass is 10.1. The molecule has 1 heterocycles. The minimum atomic E-state index is -0.370. The highest BCUT2D eigenvalue weighted by Gasteiger charge is 2.49. The number of fused-ring (bicyclic) bond motifs is 1. The van der Waals surface area contributed by atoms with E-state index in [0.717, 1.165) is 6.42 Å². The summed E-state index contributed by atoms with van der Waals surface area (Å²) in [4.78, 5) is 0. The van der Waals surface area contributed by atoms with Gasteiger partial charge in [-0.15, -0.1) is 0 Å². The molecule has 0 aromatic heterocycles. The summed E-state index contributed by atoms with van der Waals surface area (Å²) in [5.74, 6) is 0.198. The fraction of sp³-hybridized carbons (Fsp3) is 0.800. The fourth-order valence-electron chi connectivity index (χ4n) is 2.53. The summed E-state index contributed by atoms with van der Waals surface area (Å²) in [5.41, 5.74) is 1.33. The van der Waals surface area contributed by atoms with Gasteiger partial charge in [0.25, 0.3) is 0 Å². The van der Waals surface area contributed by atoms with Gasteiger partial charge >= 0.3 is 0 Å². The lowest BCUT2D eigenvalue weighted by molar-refractivity contribution is -0.152. The van der Waals surface area contributed by atoms with Crippen LogP contribution in [0, 0.1) is 5.92 Å². The van der Waals surface area contributed by atoms with Gasteiger partial charge in [0, 0.05) is 16.2 Å². The summed E-state index contributed by atoms with van der Waals surface area (Å²) in [7, 11) is 1.22. The molecule has 0 N–H and O–H groups in total. The molecule has 2 nitrogen and oxygen atoms in total. The Morgan fingerprint density at radius 2 is 2.23 bits per heavy atom. The molecule has 1 aliphatic heterocycles. The first kappa shape index (κ1) is 9.43. The van der Waals surface area contributed by atoms with Crippen LogP contribution in [0.1, 0.15) is 20.3 Å². The van der Waals surface area contributed by atoms with Crippen LogP contribution in [0.3, 0.4) is 0 Å². The summed E-state index contributed by atoms with van der Waals surface area (Å²) in [6.45, 7) is 8.10. The van der Waals surface area contributed by atoms with Crippen LogP contribution in [0.25, 0.3) is 0 Å². The van der Waals surface area contributed by atoms with E-state index >= 15 is 0 Å². The lowest BCUT2D eigenvalue weighted by Gasteiger charge is -2.21. The Morgan fingerprint density at radius 3 is 2.85 bits per heavy atom. The van der Waals surface area contributed by atoms with Gasteiger partial charge in [-0.05, 0) is 20.3 Å². The van der Waals surface area contributed by atoms with E-state index in [2.05, 4.69) is 6.58 Å². The highest BCUT2D eigenvalue weighted by Crippen LogP contribution is 2.44. The lowest BCUT2D eigenvalue weighted by Crippen LogP contribution is -2.25. The molecule has 2 aliphatic rings. The van der Waals surface area contributed by atoms with Crippen molar-refractivity contribution in [2.45, 2.75) is 44.3 Å². The van der Waals surface area contributed by atoms with Crippen molar-refractivity contribution < 1.29 is 9.47 Å². The topological polar surface area (TPSA) is 18.5 Å². The van der Waals surface area contributed by atoms with E-state index in [1.165, 1.54) is 21.9 Å². The van der Waals surface area contributed by atoms with Crippen molar-refractivity contribution in [1.29, 1.82) is 0 Å². The van der Waals surface area contributed by atoms with E-state index < -0.39 is 0 Å². The van der Waals surface area contributed by atoms with Crippen LogP contribution >= 0.6 is 0 Å². The van der Waals surface area contributed by atoms with Crippen LogP contribution < -0.4 is 0 Å². The Labute approximate surface area is 82.7 Å². The van der Waals surface area contributed by atoms with Crippen molar-refractivity contribution >= 4 is 10.2 Å². The summed E-state index contributed by atoms with van der Waals surface area (Å²) in [6, 6.07) is 1.25. The third kappa shape index (κ3) is 1.49. The van der Waals surface area contributed by atoms with Crippen LogP contribution in [-0.4, -0.2) is 28.2 Å². The third-order valence-corrected chi connectivity index (χ3v) is 3.93. The van der Waals surface area contributed by atoms with Crippen LogP contribution in [0.2, 0.25) is 6.04 Å². The second-order valence-electron chi connectivity index (χ2n) is 4.52. The van der Waals surface area contributed by atoms with Crippen LogP contribution in [0.15, 0.2) is 12.2 Å². The fourth-order valence-corrected chi connectivity index (χ4v) is 3.57. The molecule has 2 fully saturated rings. The molecule has 0 amide bonds. The van der Waals surface area contributed by atoms with Crippen molar-refractivity contribution in [1.82, 2.24) is 0 Å². The standard InChI is InChI=1S/C10H18O2Si/c1-6-4-8-9(7(6)5-13)12-10(2,3)11-8/h7-9H,1,4-5H2,2-3,13H3/t7-,8?,9?/m0/s1. The molecule has 3 heteroatoms. The minimum Gasteiger partial charge on any atom is -0.344 e. The highest BCUT2D eigenvalue weighted by molar-refractivity contribution is 6.08. The Bertz CT molecular complexity index is 237. The quantitative estimate of drug-likeness (QED) is 0.460. The molecule has 1 saturated carbocycles. The largest absolute Gasteiger partial charge is 0.344 e. The normalized spacial score (nSPS) is 42.6. The maximum absolute atomic E-state index is 5.89.